The average Bonchev–Trinajstić information content (AvgIpc) is 3.02. The molecule has 0 aliphatic carbocycles. The van der Waals surface area contributed by atoms with Crippen molar-refractivity contribution in [1.29, 1.82) is 0 Å². The smallest absolute Gasteiger partial charge is 0.0578 e. The molecule has 0 saturated heterocycles. The van der Waals surface area contributed by atoms with Crippen molar-refractivity contribution < 1.29 is 0 Å². The van der Waals surface area contributed by atoms with Crippen molar-refractivity contribution in [2.24, 2.45) is 0 Å². The molecule has 0 unspecified atom stereocenters. The van der Waals surface area contributed by atoms with Gasteiger partial charge >= 0.3 is 0 Å². The first-order chi connectivity index (χ1) is 13.5. The van der Waals surface area contributed by atoms with E-state index in [0.29, 0.717) is 0 Å². The van der Waals surface area contributed by atoms with E-state index in [2.05, 4.69) is 112 Å². The summed E-state index contributed by atoms with van der Waals surface area (Å²) in [5, 5.41) is 2.68. The lowest BCUT2D eigenvalue weighted by Gasteiger charge is -2.19. The number of nitrogens with zero attached hydrogens (tertiary/aromatic N) is 1. The Balaban J connectivity index is 2.20. The first-order valence-electron chi connectivity index (χ1n) is 10.2. The average molecular weight is 368 g/mol. The molecule has 28 heavy (non-hydrogen) atoms. The highest BCUT2D eigenvalue weighted by atomic mass is 15.0. The Morgan fingerprint density at radius 1 is 0.893 bits per heavy atom. The Kier molecular flexibility index (Phi) is 4.63. The Hall–Kier alpha value is -2.80. The summed E-state index contributed by atoms with van der Waals surface area (Å²) in [6.07, 6.45) is 5.37. The van der Waals surface area contributed by atoms with E-state index in [4.69, 9.17) is 0 Å². The Labute approximate surface area is 168 Å². The molecule has 0 spiro atoms. The Bertz CT molecular complexity index is 1170. The van der Waals surface area contributed by atoms with E-state index in [9.17, 15) is 0 Å². The summed E-state index contributed by atoms with van der Waals surface area (Å²) in [4.78, 5) is 0. The summed E-state index contributed by atoms with van der Waals surface area (Å²) in [6, 6.07) is 22.3. The second kappa shape index (κ2) is 6.98. The zero-order valence-electron chi connectivity index (χ0n) is 17.6. The molecule has 1 heterocycles. The van der Waals surface area contributed by atoms with Crippen LogP contribution in [0.15, 0.2) is 66.7 Å². The van der Waals surface area contributed by atoms with E-state index in [1.807, 2.05) is 0 Å². The quantitative estimate of drug-likeness (QED) is 0.350. The topological polar surface area (TPSA) is 4.93 Å². The van der Waals surface area contributed by atoms with Gasteiger partial charge in [0.05, 0.1) is 11.0 Å². The van der Waals surface area contributed by atoms with Gasteiger partial charge in [-0.25, -0.2) is 0 Å². The van der Waals surface area contributed by atoms with E-state index in [-0.39, 0.29) is 5.41 Å². The van der Waals surface area contributed by atoms with Crippen LogP contribution in [-0.4, -0.2) is 4.57 Å². The monoisotopic (exact) mass is 367 g/mol. The molecule has 4 rings (SSSR count). The van der Waals surface area contributed by atoms with Crippen LogP contribution in [0.4, 0.5) is 0 Å². The fraction of sp³-hybridized carbons (Fsp3) is 0.259. The standard InChI is InChI=1S/C27H29N/c1-6-11-19-14-16-23-24-18-20(27(3,4)5)15-17-25(24)28(26(23)22(19)7-2)21-12-9-8-10-13-21/h6,8-18H,7H2,1-5H3/b11-6-. The SMILES string of the molecule is C/C=C\c1ccc2c3cc(C(C)(C)C)ccc3n(-c3ccccc3)c2c1CC. The molecule has 0 radical (unpaired) electrons. The molecule has 1 nitrogen and oxygen atoms in total. The summed E-state index contributed by atoms with van der Waals surface area (Å²) in [7, 11) is 0. The van der Waals surface area contributed by atoms with Crippen molar-refractivity contribution in [1.82, 2.24) is 4.57 Å². The first-order valence-corrected chi connectivity index (χ1v) is 10.2. The number of fused-ring (bicyclic) bond motifs is 3. The molecule has 0 fully saturated rings. The highest BCUT2D eigenvalue weighted by Gasteiger charge is 2.20. The second-order valence-corrected chi connectivity index (χ2v) is 8.54. The van der Waals surface area contributed by atoms with Crippen molar-refractivity contribution in [3.63, 3.8) is 0 Å². The molecule has 3 aromatic carbocycles. The molecule has 0 saturated carbocycles. The zero-order valence-corrected chi connectivity index (χ0v) is 17.6. The van der Waals surface area contributed by atoms with Crippen LogP contribution in [0.3, 0.4) is 0 Å². The van der Waals surface area contributed by atoms with Crippen molar-refractivity contribution in [3.05, 3.63) is 83.4 Å². The third-order valence-corrected chi connectivity index (χ3v) is 5.65. The lowest BCUT2D eigenvalue weighted by Crippen LogP contribution is -2.10. The van der Waals surface area contributed by atoms with Crippen LogP contribution in [0.25, 0.3) is 33.6 Å². The van der Waals surface area contributed by atoms with E-state index in [1.54, 1.807) is 0 Å². The van der Waals surface area contributed by atoms with Crippen LogP contribution in [0.2, 0.25) is 0 Å². The molecule has 1 heteroatoms. The van der Waals surface area contributed by atoms with Crippen molar-refractivity contribution >= 4 is 27.9 Å². The molecule has 0 atom stereocenters. The van der Waals surface area contributed by atoms with Crippen LogP contribution in [0.1, 0.15) is 51.3 Å². The molecular weight excluding hydrogens is 338 g/mol. The van der Waals surface area contributed by atoms with Gasteiger partial charge in [0, 0.05) is 16.5 Å². The number of aromatic nitrogens is 1. The third-order valence-electron chi connectivity index (χ3n) is 5.65. The van der Waals surface area contributed by atoms with Crippen molar-refractivity contribution in [2.45, 2.75) is 46.5 Å². The van der Waals surface area contributed by atoms with Gasteiger partial charge in [-0.05, 0) is 59.7 Å². The summed E-state index contributed by atoms with van der Waals surface area (Å²) in [5.41, 5.74) is 8.07. The molecule has 0 bridgehead atoms. The Morgan fingerprint density at radius 3 is 2.29 bits per heavy atom. The lowest BCUT2D eigenvalue weighted by molar-refractivity contribution is 0.591. The minimum absolute atomic E-state index is 0.133. The van der Waals surface area contributed by atoms with E-state index in [1.165, 1.54) is 44.2 Å². The molecule has 4 aromatic rings. The molecule has 0 amide bonds. The highest BCUT2D eigenvalue weighted by Crippen LogP contribution is 2.38. The summed E-state index contributed by atoms with van der Waals surface area (Å²) in [6.45, 7) is 11.2. The predicted octanol–water partition coefficient (Wildman–Crippen LogP) is 7.68. The summed E-state index contributed by atoms with van der Waals surface area (Å²) < 4.78 is 2.45. The van der Waals surface area contributed by atoms with Gasteiger partial charge in [0.2, 0.25) is 0 Å². The minimum Gasteiger partial charge on any atom is -0.309 e. The fourth-order valence-electron chi connectivity index (χ4n) is 4.21. The number of rotatable bonds is 3. The number of aryl methyl sites for hydroxylation is 1. The second-order valence-electron chi connectivity index (χ2n) is 8.54. The molecular formula is C27H29N. The van der Waals surface area contributed by atoms with Gasteiger partial charge in [-0.15, -0.1) is 0 Å². The lowest BCUT2D eigenvalue weighted by atomic mass is 9.86. The van der Waals surface area contributed by atoms with Crippen LogP contribution in [-0.2, 0) is 11.8 Å². The van der Waals surface area contributed by atoms with Crippen LogP contribution in [0.5, 0.6) is 0 Å². The van der Waals surface area contributed by atoms with Gasteiger partial charge in [0.15, 0.2) is 0 Å². The molecule has 0 N–H and O–H groups in total. The van der Waals surface area contributed by atoms with Crippen LogP contribution >= 0.6 is 0 Å². The zero-order chi connectivity index (χ0) is 19.9. The maximum Gasteiger partial charge on any atom is 0.0578 e. The number of allylic oxidation sites excluding steroid dienone is 1. The summed E-state index contributed by atoms with van der Waals surface area (Å²) >= 11 is 0. The van der Waals surface area contributed by atoms with Crippen LogP contribution in [0, 0.1) is 0 Å². The summed E-state index contributed by atoms with van der Waals surface area (Å²) in [5.74, 6) is 0. The maximum absolute atomic E-state index is 2.45. The number of benzene rings is 3. The number of para-hydroxylation sites is 1. The molecule has 0 aliphatic heterocycles. The fourth-order valence-corrected chi connectivity index (χ4v) is 4.21. The van der Waals surface area contributed by atoms with Gasteiger partial charge in [-0.3, -0.25) is 0 Å². The normalized spacial score (nSPS) is 12.5. The predicted molar refractivity (Wildman–Crippen MR) is 124 cm³/mol. The van der Waals surface area contributed by atoms with E-state index in [0.717, 1.165) is 6.42 Å². The van der Waals surface area contributed by atoms with Crippen molar-refractivity contribution in [2.75, 3.05) is 0 Å². The molecule has 1 aromatic heterocycles. The number of hydrogen-bond acceptors (Lipinski definition) is 0. The van der Waals surface area contributed by atoms with Crippen molar-refractivity contribution in [3.8, 4) is 5.69 Å². The Morgan fingerprint density at radius 2 is 1.64 bits per heavy atom. The third kappa shape index (κ3) is 2.96. The van der Waals surface area contributed by atoms with E-state index >= 15 is 0 Å². The largest absolute Gasteiger partial charge is 0.309 e. The van der Waals surface area contributed by atoms with Gasteiger partial charge in [0.1, 0.15) is 0 Å². The minimum atomic E-state index is 0.133. The van der Waals surface area contributed by atoms with Gasteiger partial charge in [-0.2, -0.15) is 0 Å². The van der Waals surface area contributed by atoms with Gasteiger partial charge in [-0.1, -0.05) is 76.2 Å². The highest BCUT2D eigenvalue weighted by molar-refractivity contribution is 6.11. The maximum atomic E-state index is 2.45. The molecule has 0 aliphatic rings. The van der Waals surface area contributed by atoms with Gasteiger partial charge in [0.25, 0.3) is 0 Å². The number of hydrogen-bond donors (Lipinski definition) is 0. The van der Waals surface area contributed by atoms with Gasteiger partial charge < -0.3 is 4.57 Å². The molecule has 142 valence electrons. The van der Waals surface area contributed by atoms with E-state index < -0.39 is 0 Å². The first kappa shape index (κ1) is 18.6. The van der Waals surface area contributed by atoms with Crippen LogP contribution < -0.4 is 0 Å².